The minimum atomic E-state index is -0.235. The predicted molar refractivity (Wildman–Crippen MR) is 90.2 cm³/mol. The highest BCUT2D eigenvalue weighted by Gasteiger charge is 2.11. The Morgan fingerprint density at radius 1 is 0.833 bits per heavy atom. The van der Waals surface area contributed by atoms with Gasteiger partial charge in [0, 0.05) is 49.7 Å². The number of carbonyl (C=O) groups is 2. The fraction of sp³-hybridized carbons (Fsp3) is 0.250. The van der Waals surface area contributed by atoms with Gasteiger partial charge in [0.2, 0.25) is 0 Å². The summed E-state index contributed by atoms with van der Waals surface area (Å²) in [5, 5.41) is 5.38. The van der Waals surface area contributed by atoms with Crippen LogP contribution in [-0.2, 0) is 0 Å². The van der Waals surface area contributed by atoms with E-state index in [9.17, 15) is 9.59 Å². The molecule has 24 heavy (non-hydrogen) atoms. The molecule has 0 aliphatic heterocycles. The van der Waals surface area contributed by atoms with Crippen LogP contribution >= 0.6 is 0 Å². The van der Waals surface area contributed by atoms with Crippen molar-refractivity contribution in [2.24, 2.45) is 11.5 Å². The Morgan fingerprint density at radius 2 is 1.25 bits per heavy atom. The first-order valence-corrected chi connectivity index (χ1v) is 7.54. The largest absolute Gasteiger partial charge is 0.351 e. The molecule has 6 N–H and O–H groups in total. The van der Waals surface area contributed by atoms with Gasteiger partial charge in [0.15, 0.2) is 0 Å². The quantitative estimate of drug-likeness (QED) is 0.542. The van der Waals surface area contributed by atoms with Crippen LogP contribution < -0.4 is 22.1 Å². The number of hydrogen-bond acceptors (Lipinski definition) is 6. The Labute approximate surface area is 139 Å². The molecule has 2 heterocycles. The van der Waals surface area contributed by atoms with Gasteiger partial charge in [0.1, 0.15) is 0 Å². The molecule has 0 bridgehead atoms. The summed E-state index contributed by atoms with van der Waals surface area (Å²) in [7, 11) is 0. The van der Waals surface area contributed by atoms with E-state index >= 15 is 0 Å². The van der Waals surface area contributed by atoms with Gasteiger partial charge in [-0.25, -0.2) is 0 Å². The summed E-state index contributed by atoms with van der Waals surface area (Å²) >= 11 is 0. The van der Waals surface area contributed by atoms with Gasteiger partial charge in [0.25, 0.3) is 11.8 Å². The molecule has 8 nitrogen and oxygen atoms in total. The zero-order valence-corrected chi connectivity index (χ0v) is 13.2. The van der Waals surface area contributed by atoms with Gasteiger partial charge in [-0.15, -0.1) is 0 Å². The molecule has 0 aliphatic rings. The van der Waals surface area contributed by atoms with Crippen molar-refractivity contribution in [1.82, 2.24) is 20.6 Å². The van der Waals surface area contributed by atoms with Gasteiger partial charge < -0.3 is 22.1 Å². The Bertz CT molecular complexity index is 658. The molecule has 0 saturated heterocycles. The standard InChI is InChI=1S/C16H20N6O2/c17-3-7-21-15(23)11-1-5-19-13(9-11)14-10-12(2-6-20-14)16(24)22-8-4-18/h1-2,5-6,9-10H,3-4,7-8,17-18H2,(H,21,23)(H,22,24). The topological polar surface area (TPSA) is 136 Å². The minimum absolute atomic E-state index is 0.235. The lowest BCUT2D eigenvalue weighted by Gasteiger charge is -2.07. The highest BCUT2D eigenvalue weighted by atomic mass is 16.2. The zero-order valence-electron chi connectivity index (χ0n) is 13.2. The molecule has 126 valence electrons. The van der Waals surface area contributed by atoms with Crippen LogP contribution in [-0.4, -0.2) is 48.0 Å². The van der Waals surface area contributed by atoms with Crippen LogP contribution in [0.25, 0.3) is 11.4 Å². The van der Waals surface area contributed by atoms with Gasteiger partial charge in [-0.2, -0.15) is 0 Å². The first-order chi connectivity index (χ1) is 11.7. The lowest BCUT2D eigenvalue weighted by molar-refractivity contribution is 0.0946. The molecule has 8 heteroatoms. The summed E-state index contributed by atoms with van der Waals surface area (Å²) in [5.74, 6) is -0.470. The Morgan fingerprint density at radius 3 is 1.62 bits per heavy atom. The van der Waals surface area contributed by atoms with E-state index in [0.29, 0.717) is 48.7 Å². The third-order valence-corrected chi connectivity index (χ3v) is 3.17. The van der Waals surface area contributed by atoms with E-state index in [-0.39, 0.29) is 11.8 Å². The molecule has 0 aromatic carbocycles. The van der Waals surface area contributed by atoms with Crippen LogP contribution in [0.3, 0.4) is 0 Å². The number of nitrogens with two attached hydrogens (primary N) is 2. The third kappa shape index (κ3) is 4.58. The first-order valence-electron chi connectivity index (χ1n) is 7.54. The van der Waals surface area contributed by atoms with Gasteiger partial charge in [-0.3, -0.25) is 19.6 Å². The number of amides is 2. The lowest BCUT2D eigenvalue weighted by Crippen LogP contribution is -2.29. The van der Waals surface area contributed by atoms with E-state index in [4.69, 9.17) is 11.5 Å². The maximum absolute atomic E-state index is 12.0. The Hall–Kier alpha value is -2.84. The van der Waals surface area contributed by atoms with Crippen LogP contribution in [0.1, 0.15) is 20.7 Å². The third-order valence-electron chi connectivity index (χ3n) is 3.17. The zero-order chi connectivity index (χ0) is 17.4. The number of nitrogens with zero attached hydrogens (tertiary/aromatic N) is 2. The van der Waals surface area contributed by atoms with E-state index in [1.165, 1.54) is 12.4 Å². The molecule has 0 radical (unpaired) electrons. The molecule has 0 atom stereocenters. The number of aromatic nitrogens is 2. The summed E-state index contributed by atoms with van der Waals surface area (Å²) < 4.78 is 0. The van der Waals surface area contributed by atoms with Gasteiger partial charge in [-0.05, 0) is 24.3 Å². The molecule has 0 aliphatic carbocycles. The van der Waals surface area contributed by atoms with Crippen LogP contribution in [0.4, 0.5) is 0 Å². The van der Waals surface area contributed by atoms with E-state index in [0.717, 1.165) is 0 Å². The van der Waals surface area contributed by atoms with Gasteiger partial charge in [0.05, 0.1) is 11.4 Å². The summed E-state index contributed by atoms with van der Waals surface area (Å²) in [5.41, 5.74) is 12.7. The number of carbonyl (C=O) groups excluding carboxylic acids is 2. The maximum Gasteiger partial charge on any atom is 0.251 e. The molecular weight excluding hydrogens is 308 g/mol. The summed E-state index contributed by atoms with van der Waals surface area (Å²) in [4.78, 5) is 32.4. The molecule has 0 saturated carbocycles. The molecule has 2 aromatic rings. The monoisotopic (exact) mass is 328 g/mol. The van der Waals surface area contributed by atoms with Crippen molar-refractivity contribution in [3.63, 3.8) is 0 Å². The average molecular weight is 328 g/mol. The lowest BCUT2D eigenvalue weighted by atomic mass is 10.1. The number of hydrogen-bond donors (Lipinski definition) is 4. The second-order valence-corrected chi connectivity index (χ2v) is 4.95. The van der Waals surface area contributed by atoms with Gasteiger partial charge in [-0.1, -0.05) is 0 Å². The fourth-order valence-corrected chi connectivity index (χ4v) is 2.00. The normalized spacial score (nSPS) is 10.2. The van der Waals surface area contributed by atoms with E-state index in [2.05, 4.69) is 20.6 Å². The van der Waals surface area contributed by atoms with Crippen molar-refractivity contribution in [2.75, 3.05) is 26.2 Å². The maximum atomic E-state index is 12.0. The molecule has 0 unspecified atom stereocenters. The van der Waals surface area contributed by atoms with Crippen molar-refractivity contribution in [3.8, 4) is 11.4 Å². The number of nitrogens with one attached hydrogen (secondary N) is 2. The molecule has 2 aromatic heterocycles. The summed E-state index contributed by atoms with van der Waals surface area (Å²) in [6.45, 7) is 1.52. The van der Waals surface area contributed by atoms with Crippen molar-refractivity contribution in [3.05, 3.63) is 47.8 Å². The van der Waals surface area contributed by atoms with Crippen LogP contribution in [0, 0.1) is 0 Å². The van der Waals surface area contributed by atoms with E-state index in [1.807, 2.05) is 0 Å². The second kappa shape index (κ2) is 8.70. The smallest absolute Gasteiger partial charge is 0.251 e. The summed E-state index contributed by atoms with van der Waals surface area (Å²) in [6, 6.07) is 6.45. The van der Waals surface area contributed by atoms with Crippen molar-refractivity contribution in [1.29, 1.82) is 0 Å². The van der Waals surface area contributed by atoms with Crippen molar-refractivity contribution in [2.45, 2.75) is 0 Å². The van der Waals surface area contributed by atoms with Gasteiger partial charge >= 0.3 is 0 Å². The SMILES string of the molecule is NCCNC(=O)c1ccnc(-c2cc(C(=O)NCCN)ccn2)c1. The number of pyridine rings is 2. The van der Waals surface area contributed by atoms with E-state index < -0.39 is 0 Å². The highest BCUT2D eigenvalue weighted by Crippen LogP contribution is 2.16. The predicted octanol–water partition coefficient (Wildman–Crippen LogP) is -0.479. The van der Waals surface area contributed by atoms with Crippen molar-refractivity contribution < 1.29 is 9.59 Å². The molecule has 2 rings (SSSR count). The highest BCUT2D eigenvalue weighted by molar-refractivity contribution is 5.96. The summed E-state index contributed by atoms with van der Waals surface area (Å²) in [6.07, 6.45) is 3.05. The first kappa shape index (κ1) is 17.5. The molecule has 0 fully saturated rings. The van der Waals surface area contributed by atoms with Crippen LogP contribution in [0.2, 0.25) is 0 Å². The van der Waals surface area contributed by atoms with Crippen LogP contribution in [0.15, 0.2) is 36.7 Å². The van der Waals surface area contributed by atoms with Crippen LogP contribution in [0.5, 0.6) is 0 Å². The molecule has 0 spiro atoms. The Kier molecular flexibility index (Phi) is 6.35. The van der Waals surface area contributed by atoms with Crippen molar-refractivity contribution >= 4 is 11.8 Å². The molecule has 2 amide bonds. The average Bonchev–Trinajstić information content (AvgIpc) is 2.64. The number of rotatable bonds is 7. The second-order valence-electron chi connectivity index (χ2n) is 4.95. The minimum Gasteiger partial charge on any atom is -0.351 e. The Balaban J connectivity index is 2.22. The molecular formula is C16H20N6O2. The van der Waals surface area contributed by atoms with E-state index in [1.54, 1.807) is 24.3 Å². The fourth-order valence-electron chi connectivity index (χ4n) is 2.00.